The summed E-state index contributed by atoms with van der Waals surface area (Å²) in [4.78, 5) is 32.6. The van der Waals surface area contributed by atoms with E-state index in [1.807, 2.05) is 62.4 Å². The fraction of sp³-hybridized carbons (Fsp3) is 0.160. The maximum Gasteiger partial charge on any atom is 0.259 e. The van der Waals surface area contributed by atoms with Crippen molar-refractivity contribution in [2.45, 2.75) is 26.8 Å². The molecule has 0 unspecified atom stereocenters. The number of carbonyl (C=O) groups excluding carboxylic acids is 1. The first-order valence-corrected chi connectivity index (χ1v) is 10.0. The summed E-state index contributed by atoms with van der Waals surface area (Å²) in [5.74, 6) is 0.276. The fourth-order valence-corrected chi connectivity index (χ4v) is 3.34. The molecule has 0 aliphatic carbocycles. The zero-order chi connectivity index (χ0) is 21.1. The van der Waals surface area contributed by atoms with E-state index in [4.69, 9.17) is 0 Å². The molecule has 0 fully saturated rings. The second-order valence-electron chi connectivity index (χ2n) is 7.37. The van der Waals surface area contributed by atoms with Crippen molar-refractivity contribution >= 4 is 16.8 Å². The molecule has 5 heteroatoms. The van der Waals surface area contributed by atoms with Gasteiger partial charge in [-0.3, -0.25) is 9.59 Å². The Bertz CT molecular complexity index is 1270. The number of nitrogens with zero attached hydrogens (tertiary/aromatic N) is 1. The van der Waals surface area contributed by atoms with Gasteiger partial charge in [0.25, 0.3) is 11.5 Å². The maximum atomic E-state index is 12.6. The van der Waals surface area contributed by atoms with Crippen LogP contribution in [0.2, 0.25) is 0 Å². The number of H-pyrrole nitrogens is 1. The molecule has 0 aliphatic rings. The molecule has 1 aromatic heterocycles. The third kappa shape index (κ3) is 4.15. The molecular formula is C25H23N3O2. The normalized spacial score (nSPS) is 10.9. The van der Waals surface area contributed by atoms with E-state index in [1.165, 1.54) is 5.56 Å². The van der Waals surface area contributed by atoms with Gasteiger partial charge < -0.3 is 10.3 Å². The Balaban J connectivity index is 1.59. The molecule has 0 radical (unpaired) electrons. The predicted molar refractivity (Wildman–Crippen MR) is 120 cm³/mol. The summed E-state index contributed by atoms with van der Waals surface area (Å²) in [6.45, 7) is 4.53. The van der Waals surface area contributed by atoms with Gasteiger partial charge in [-0.1, -0.05) is 55.0 Å². The largest absolute Gasteiger partial charge is 0.348 e. The van der Waals surface area contributed by atoms with Crippen molar-refractivity contribution in [3.63, 3.8) is 0 Å². The number of rotatable bonds is 5. The van der Waals surface area contributed by atoms with Crippen LogP contribution in [0.4, 0.5) is 0 Å². The molecule has 4 rings (SSSR count). The quantitative estimate of drug-likeness (QED) is 0.524. The Kier molecular flexibility index (Phi) is 5.44. The minimum atomic E-state index is -0.181. The molecule has 4 aromatic rings. The third-order valence-electron chi connectivity index (χ3n) is 5.15. The number of hydrogen-bond acceptors (Lipinski definition) is 3. The van der Waals surface area contributed by atoms with E-state index >= 15 is 0 Å². The van der Waals surface area contributed by atoms with Gasteiger partial charge in [0, 0.05) is 17.7 Å². The van der Waals surface area contributed by atoms with E-state index in [1.54, 1.807) is 18.2 Å². The van der Waals surface area contributed by atoms with Crippen LogP contribution in [0, 0.1) is 6.92 Å². The van der Waals surface area contributed by atoms with Crippen molar-refractivity contribution in [2.75, 3.05) is 0 Å². The van der Waals surface area contributed by atoms with Crippen LogP contribution in [0.15, 0.2) is 71.5 Å². The van der Waals surface area contributed by atoms with Gasteiger partial charge in [-0.15, -0.1) is 0 Å². The van der Waals surface area contributed by atoms with Crippen LogP contribution in [0.1, 0.15) is 34.0 Å². The molecule has 5 nitrogen and oxygen atoms in total. The van der Waals surface area contributed by atoms with Crippen LogP contribution in [0.3, 0.4) is 0 Å². The van der Waals surface area contributed by atoms with E-state index in [-0.39, 0.29) is 11.5 Å². The molecule has 1 amide bonds. The maximum absolute atomic E-state index is 12.6. The van der Waals surface area contributed by atoms with E-state index in [0.717, 1.165) is 17.5 Å². The molecule has 1 heterocycles. The minimum absolute atomic E-state index is 0.173. The van der Waals surface area contributed by atoms with Crippen LogP contribution in [0.5, 0.6) is 0 Å². The molecule has 0 atom stereocenters. The lowest BCUT2D eigenvalue weighted by molar-refractivity contribution is 0.0951. The van der Waals surface area contributed by atoms with Gasteiger partial charge in [-0.25, -0.2) is 4.98 Å². The highest BCUT2D eigenvalue weighted by atomic mass is 16.1. The highest BCUT2D eigenvalue weighted by molar-refractivity contribution is 5.95. The summed E-state index contributed by atoms with van der Waals surface area (Å²) in [6.07, 6.45) is 0.858. The van der Waals surface area contributed by atoms with E-state index in [2.05, 4.69) is 15.3 Å². The van der Waals surface area contributed by atoms with Crippen LogP contribution in [0.25, 0.3) is 22.3 Å². The molecule has 30 heavy (non-hydrogen) atoms. The monoisotopic (exact) mass is 397 g/mol. The van der Waals surface area contributed by atoms with Crippen molar-refractivity contribution in [3.05, 3.63) is 99.3 Å². The van der Waals surface area contributed by atoms with Crippen molar-refractivity contribution in [3.8, 4) is 11.4 Å². The van der Waals surface area contributed by atoms with Crippen molar-refractivity contribution in [1.29, 1.82) is 0 Å². The molecule has 0 saturated carbocycles. The van der Waals surface area contributed by atoms with E-state index < -0.39 is 0 Å². The second kappa shape index (κ2) is 8.33. The van der Waals surface area contributed by atoms with Crippen molar-refractivity contribution in [2.24, 2.45) is 0 Å². The Morgan fingerprint density at radius 3 is 2.53 bits per heavy atom. The highest BCUT2D eigenvalue weighted by Gasteiger charge is 2.10. The van der Waals surface area contributed by atoms with Gasteiger partial charge in [-0.05, 0) is 48.7 Å². The summed E-state index contributed by atoms with van der Waals surface area (Å²) < 4.78 is 0. The SMILES string of the molecule is CCc1ccc2nc(-c3cccc(C(=O)NCc4ccc(C)cc4)c3)[nH]c(=O)c2c1. The third-order valence-corrected chi connectivity index (χ3v) is 5.15. The molecule has 0 bridgehead atoms. The minimum Gasteiger partial charge on any atom is -0.348 e. The molecule has 0 aliphatic heterocycles. The number of aromatic nitrogens is 2. The van der Waals surface area contributed by atoms with E-state index in [0.29, 0.717) is 34.4 Å². The van der Waals surface area contributed by atoms with Crippen LogP contribution in [-0.4, -0.2) is 15.9 Å². The Morgan fingerprint density at radius 2 is 1.77 bits per heavy atom. The summed E-state index contributed by atoms with van der Waals surface area (Å²) >= 11 is 0. The molecule has 0 spiro atoms. The van der Waals surface area contributed by atoms with Crippen molar-refractivity contribution in [1.82, 2.24) is 15.3 Å². The number of benzene rings is 3. The second-order valence-corrected chi connectivity index (χ2v) is 7.37. The number of aryl methyl sites for hydroxylation is 2. The number of amides is 1. The summed E-state index contributed by atoms with van der Waals surface area (Å²) in [5.41, 5.74) is 4.98. The van der Waals surface area contributed by atoms with Gasteiger partial charge in [0.2, 0.25) is 0 Å². The number of carbonyl (C=O) groups is 1. The summed E-state index contributed by atoms with van der Waals surface area (Å²) in [6, 6.07) is 20.9. The zero-order valence-corrected chi connectivity index (χ0v) is 17.0. The molecular weight excluding hydrogens is 374 g/mol. The Morgan fingerprint density at radius 1 is 1.00 bits per heavy atom. The summed E-state index contributed by atoms with van der Waals surface area (Å²) in [5, 5.41) is 3.51. The topological polar surface area (TPSA) is 74.8 Å². The van der Waals surface area contributed by atoms with Gasteiger partial charge in [-0.2, -0.15) is 0 Å². The fourth-order valence-electron chi connectivity index (χ4n) is 3.34. The van der Waals surface area contributed by atoms with Crippen LogP contribution >= 0.6 is 0 Å². The van der Waals surface area contributed by atoms with Gasteiger partial charge >= 0.3 is 0 Å². The van der Waals surface area contributed by atoms with Gasteiger partial charge in [0.05, 0.1) is 10.9 Å². The van der Waals surface area contributed by atoms with Gasteiger partial charge in [0.15, 0.2) is 0 Å². The lowest BCUT2D eigenvalue weighted by Gasteiger charge is -2.08. The molecule has 0 saturated heterocycles. The zero-order valence-electron chi connectivity index (χ0n) is 17.0. The number of hydrogen-bond donors (Lipinski definition) is 2. The Labute approximate surface area is 174 Å². The average Bonchev–Trinajstić information content (AvgIpc) is 2.78. The summed E-state index contributed by atoms with van der Waals surface area (Å²) in [7, 11) is 0. The van der Waals surface area contributed by atoms with Gasteiger partial charge in [0.1, 0.15) is 5.82 Å². The number of nitrogens with one attached hydrogen (secondary N) is 2. The predicted octanol–water partition coefficient (Wildman–Crippen LogP) is 4.39. The number of aromatic amines is 1. The molecule has 3 aromatic carbocycles. The van der Waals surface area contributed by atoms with Crippen molar-refractivity contribution < 1.29 is 4.79 Å². The first kappa shape index (κ1) is 19.6. The first-order chi connectivity index (χ1) is 14.5. The molecule has 2 N–H and O–H groups in total. The lowest BCUT2D eigenvalue weighted by atomic mass is 10.1. The standard InChI is InChI=1S/C25H23N3O2/c1-3-17-11-12-22-21(13-17)25(30)28-23(27-22)19-5-4-6-20(14-19)24(29)26-15-18-9-7-16(2)8-10-18/h4-14H,3,15H2,1-2H3,(H,26,29)(H,27,28,30). The average molecular weight is 397 g/mol. The highest BCUT2D eigenvalue weighted by Crippen LogP contribution is 2.19. The molecule has 150 valence electrons. The lowest BCUT2D eigenvalue weighted by Crippen LogP contribution is -2.22. The van der Waals surface area contributed by atoms with E-state index in [9.17, 15) is 9.59 Å². The first-order valence-electron chi connectivity index (χ1n) is 10.0. The Hall–Kier alpha value is -3.73. The smallest absolute Gasteiger partial charge is 0.259 e. The van der Waals surface area contributed by atoms with Crippen LogP contribution < -0.4 is 10.9 Å². The number of fused-ring (bicyclic) bond motifs is 1. The van der Waals surface area contributed by atoms with Crippen LogP contribution in [-0.2, 0) is 13.0 Å².